The molecule has 0 aromatic heterocycles. The first-order chi connectivity index (χ1) is 17.7. The van der Waals surface area contributed by atoms with Crippen LogP contribution in [0.3, 0.4) is 0 Å². The van der Waals surface area contributed by atoms with Gasteiger partial charge in [-0.3, -0.25) is 14.4 Å². The van der Waals surface area contributed by atoms with Crippen molar-refractivity contribution in [2.75, 3.05) is 0 Å². The summed E-state index contributed by atoms with van der Waals surface area (Å²) in [5.74, 6) is -1.32. The van der Waals surface area contributed by atoms with Crippen molar-refractivity contribution >= 4 is 23.8 Å². The molecule has 1 rings (SSSR count). The number of primary amides is 1. The van der Waals surface area contributed by atoms with Crippen LogP contribution in [-0.2, 0) is 19.1 Å². The molecule has 4 N–H and O–H groups in total. The van der Waals surface area contributed by atoms with Gasteiger partial charge >= 0.3 is 6.09 Å². The Kier molecular flexibility index (Phi) is 12.0. The van der Waals surface area contributed by atoms with Gasteiger partial charge in [0.15, 0.2) is 0 Å². The molecule has 9 heteroatoms. The molecule has 0 saturated heterocycles. The largest absolute Gasteiger partial charge is 0.444 e. The molecule has 0 bridgehead atoms. The third-order valence-electron chi connectivity index (χ3n) is 6.13. The molecule has 3 unspecified atom stereocenters. The number of rotatable bonds is 11. The van der Waals surface area contributed by atoms with Crippen molar-refractivity contribution in [3.8, 4) is 0 Å². The lowest BCUT2D eigenvalue weighted by atomic mass is 9.91. The zero-order chi connectivity index (χ0) is 30.3. The Morgan fingerprint density at radius 2 is 1.49 bits per heavy atom. The monoisotopic (exact) mass is 546 g/mol. The molecule has 0 radical (unpaired) electrons. The lowest BCUT2D eigenvalue weighted by Crippen LogP contribution is -2.57. The molecule has 0 aliphatic rings. The molecule has 1 aromatic rings. The number of ether oxygens (including phenoxy) is 1. The van der Waals surface area contributed by atoms with Crippen molar-refractivity contribution in [1.29, 1.82) is 0 Å². The normalized spacial score (nSPS) is 14.3. The second-order valence-corrected chi connectivity index (χ2v) is 12.9. The molecular weight excluding hydrogens is 496 g/mol. The third kappa shape index (κ3) is 11.3. The minimum absolute atomic E-state index is 0.347. The highest BCUT2D eigenvalue weighted by Gasteiger charge is 2.41. The number of hydrogen-bond donors (Lipinski definition) is 3. The van der Waals surface area contributed by atoms with Gasteiger partial charge < -0.3 is 26.0 Å². The Hall–Kier alpha value is -3.10. The molecule has 3 atom stereocenters. The summed E-state index contributed by atoms with van der Waals surface area (Å²) in [4.78, 5) is 54.6. The van der Waals surface area contributed by atoms with Crippen LogP contribution < -0.4 is 16.4 Å². The van der Waals surface area contributed by atoms with E-state index >= 15 is 0 Å². The van der Waals surface area contributed by atoms with Crippen molar-refractivity contribution in [1.82, 2.24) is 15.5 Å². The van der Waals surface area contributed by atoms with Gasteiger partial charge in [-0.05, 0) is 97.8 Å². The fourth-order valence-electron chi connectivity index (χ4n) is 4.44. The number of alkyl carbamates (subject to hydrolysis) is 1. The quantitative estimate of drug-likeness (QED) is 0.371. The fraction of sp³-hybridized carbons (Fsp3) is 0.667. The lowest BCUT2D eigenvalue weighted by Gasteiger charge is -2.40. The van der Waals surface area contributed by atoms with Crippen LogP contribution in [0.1, 0.15) is 104 Å². The van der Waals surface area contributed by atoms with Gasteiger partial charge in [0.25, 0.3) is 0 Å². The number of carbonyl (C=O) groups is 4. The van der Waals surface area contributed by atoms with Crippen LogP contribution in [0.4, 0.5) is 4.79 Å². The molecule has 220 valence electrons. The van der Waals surface area contributed by atoms with Crippen LogP contribution in [0.25, 0.3) is 0 Å². The predicted octanol–water partition coefficient (Wildman–Crippen LogP) is 4.68. The molecule has 0 heterocycles. The maximum Gasteiger partial charge on any atom is 0.408 e. The Bertz CT molecular complexity index is 1000. The molecule has 0 fully saturated rings. The van der Waals surface area contributed by atoms with Crippen molar-refractivity contribution < 1.29 is 23.9 Å². The summed E-state index contributed by atoms with van der Waals surface area (Å²) in [5.41, 5.74) is 6.53. The van der Waals surface area contributed by atoms with Gasteiger partial charge in [0.2, 0.25) is 17.7 Å². The van der Waals surface area contributed by atoms with E-state index in [4.69, 9.17) is 10.5 Å². The van der Waals surface area contributed by atoms with Crippen LogP contribution in [0.2, 0.25) is 0 Å². The predicted molar refractivity (Wildman–Crippen MR) is 154 cm³/mol. The van der Waals surface area contributed by atoms with E-state index in [1.165, 1.54) is 4.90 Å². The van der Waals surface area contributed by atoms with Gasteiger partial charge in [0.1, 0.15) is 17.7 Å². The number of benzene rings is 1. The molecular formula is C30H50N4O5. The van der Waals surface area contributed by atoms with Gasteiger partial charge in [-0.2, -0.15) is 0 Å². The van der Waals surface area contributed by atoms with E-state index in [-0.39, 0.29) is 5.91 Å². The highest BCUT2D eigenvalue weighted by atomic mass is 16.6. The molecule has 1 aromatic carbocycles. The van der Waals surface area contributed by atoms with Crippen molar-refractivity contribution in [3.05, 3.63) is 34.9 Å². The zero-order valence-corrected chi connectivity index (χ0v) is 25.7. The summed E-state index contributed by atoms with van der Waals surface area (Å²) >= 11 is 0. The van der Waals surface area contributed by atoms with E-state index in [1.807, 2.05) is 59.7 Å². The number of nitrogens with one attached hydrogen (secondary N) is 2. The average Bonchev–Trinajstić information content (AvgIpc) is 2.73. The van der Waals surface area contributed by atoms with E-state index < -0.39 is 53.6 Å². The Morgan fingerprint density at radius 3 is 1.92 bits per heavy atom. The Balaban J connectivity index is 3.78. The summed E-state index contributed by atoms with van der Waals surface area (Å²) in [6.07, 6.45) is 0.139. The summed E-state index contributed by atoms with van der Waals surface area (Å²) in [6, 6.07) is 3.00. The lowest BCUT2D eigenvalue weighted by molar-refractivity contribution is -0.146. The fourth-order valence-corrected chi connectivity index (χ4v) is 4.44. The van der Waals surface area contributed by atoms with Gasteiger partial charge in [-0.1, -0.05) is 32.0 Å². The topological polar surface area (TPSA) is 131 Å². The third-order valence-corrected chi connectivity index (χ3v) is 6.13. The first-order valence-electron chi connectivity index (χ1n) is 13.7. The van der Waals surface area contributed by atoms with Gasteiger partial charge in [-0.15, -0.1) is 0 Å². The average molecular weight is 547 g/mol. The molecule has 9 nitrogen and oxygen atoms in total. The van der Waals surface area contributed by atoms with Crippen LogP contribution >= 0.6 is 0 Å². The van der Waals surface area contributed by atoms with Crippen LogP contribution in [-0.4, -0.2) is 51.9 Å². The molecule has 0 aliphatic heterocycles. The van der Waals surface area contributed by atoms with E-state index in [1.54, 1.807) is 20.8 Å². The number of nitrogens with zero attached hydrogens (tertiary/aromatic N) is 1. The van der Waals surface area contributed by atoms with E-state index in [9.17, 15) is 19.2 Å². The van der Waals surface area contributed by atoms with Crippen LogP contribution in [0, 0.1) is 19.8 Å². The van der Waals surface area contributed by atoms with E-state index in [0.29, 0.717) is 17.9 Å². The number of amides is 4. The number of hydrogen-bond acceptors (Lipinski definition) is 5. The summed E-state index contributed by atoms with van der Waals surface area (Å²) < 4.78 is 5.36. The summed E-state index contributed by atoms with van der Waals surface area (Å²) in [7, 11) is 0. The summed E-state index contributed by atoms with van der Waals surface area (Å²) in [5, 5.41) is 5.59. The Morgan fingerprint density at radius 1 is 0.949 bits per heavy atom. The second-order valence-electron chi connectivity index (χ2n) is 12.9. The van der Waals surface area contributed by atoms with Gasteiger partial charge in [0.05, 0.1) is 6.42 Å². The molecule has 4 amide bonds. The first-order valence-corrected chi connectivity index (χ1v) is 13.7. The highest BCUT2D eigenvalue weighted by molar-refractivity contribution is 5.95. The maximum absolute atomic E-state index is 14.3. The Labute approximate surface area is 234 Å². The van der Waals surface area contributed by atoms with Crippen LogP contribution in [0.5, 0.6) is 0 Å². The molecule has 0 aliphatic carbocycles. The second kappa shape index (κ2) is 13.8. The SMILES string of the molecule is Cc1cccc(C)c1C(C(=O)NC(C)(C)C)N(C(=O)C(CC(N)=O)NC(=O)OC(C)(C)C)C(C)CCC(C)C. The number of carbonyl (C=O) groups excluding carboxylic acids is 4. The standard InChI is InChI=1S/C30H50N4O5/c1-18(2)15-16-21(5)34(27(37)22(17-23(31)35)32-28(38)39-30(9,10)11)25(26(36)33-29(6,7)8)24-19(3)13-12-14-20(24)4/h12-14,18,21-22,25H,15-17H2,1-11H3,(H2,31,35)(H,32,38)(H,33,36). The van der Waals surface area contributed by atoms with Gasteiger partial charge in [0, 0.05) is 11.6 Å². The first kappa shape index (κ1) is 33.9. The van der Waals surface area contributed by atoms with Crippen LogP contribution in [0.15, 0.2) is 18.2 Å². The van der Waals surface area contributed by atoms with Gasteiger partial charge in [-0.25, -0.2) is 4.79 Å². The number of nitrogens with two attached hydrogens (primary N) is 1. The van der Waals surface area contributed by atoms with E-state index in [0.717, 1.165) is 17.5 Å². The van der Waals surface area contributed by atoms with E-state index in [2.05, 4.69) is 24.5 Å². The maximum atomic E-state index is 14.3. The van der Waals surface area contributed by atoms with Crippen molar-refractivity contribution in [2.45, 2.75) is 125 Å². The smallest absolute Gasteiger partial charge is 0.408 e. The molecule has 0 spiro atoms. The van der Waals surface area contributed by atoms with Crippen molar-refractivity contribution in [3.63, 3.8) is 0 Å². The number of aryl methyl sites for hydroxylation is 2. The molecule has 0 saturated carbocycles. The summed E-state index contributed by atoms with van der Waals surface area (Å²) in [6.45, 7) is 20.6. The zero-order valence-electron chi connectivity index (χ0n) is 25.7. The van der Waals surface area contributed by atoms with Crippen molar-refractivity contribution in [2.24, 2.45) is 11.7 Å². The molecule has 39 heavy (non-hydrogen) atoms. The minimum Gasteiger partial charge on any atom is -0.444 e. The minimum atomic E-state index is -1.31. The highest BCUT2D eigenvalue weighted by Crippen LogP contribution is 2.32.